The highest BCUT2D eigenvalue weighted by Gasteiger charge is 2.19. The maximum atomic E-state index is 11.0. The molecule has 0 aliphatic carbocycles. The van der Waals surface area contributed by atoms with Crippen LogP contribution >= 0.6 is 11.8 Å². The number of hydrazine groups is 1. The Morgan fingerprint density at radius 3 is 2.83 bits per heavy atom. The molecular formula is C11H11N3O3S. The van der Waals surface area contributed by atoms with Gasteiger partial charge in [0, 0.05) is 0 Å². The van der Waals surface area contributed by atoms with E-state index in [2.05, 4.69) is 5.43 Å². The first-order valence-corrected chi connectivity index (χ1v) is 6.10. The van der Waals surface area contributed by atoms with E-state index < -0.39 is 4.92 Å². The van der Waals surface area contributed by atoms with Crippen molar-refractivity contribution in [3.63, 3.8) is 0 Å². The van der Waals surface area contributed by atoms with Crippen molar-refractivity contribution >= 4 is 23.1 Å². The molecule has 2 aromatic rings. The Bertz CT molecular complexity index is 542. The van der Waals surface area contributed by atoms with E-state index in [1.54, 1.807) is 30.5 Å². The molecule has 0 aliphatic rings. The van der Waals surface area contributed by atoms with Gasteiger partial charge >= 0.3 is 5.69 Å². The highest BCUT2D eigenvalue weighted by atomic mass is 32.2. The fraction of sp³-hybridized carbons (Fsp3) is 0.0909. The lowest BCUT2D eigenvalue weighted by Gasteiger charge is -2.06. The summed E-state index contributed by atoms with van der Waals surface area (Å²) in [5.74, 6) is 6.56. The van der Waals surface area contributed by atoms with Crippen LogP contribution in [-0.4, -0.2) is 4.92 Å². The number of thioether (sulfide) groups is 1. The summed E-state index contributed by atoms with van der Waals surface area (Å²) in [5.41, 5.74) is 2.61. The van der Waals surface area contributed by atoms with Crippen molar-refractivity contribution in [1.82, 2.24) is 0 Å². The minimum absolute atomic E-state index is 0.0171. The molecule has 3 N–H and O–H groups in total. The second-order valence-corrected chi connectivity index (χ2v) is 4.44. The highest BCUT2D eigenvalue weighted by Crippen LogP contribution is 2.36. The summed E-state index contributed by atoms with van der Waals surface area (Å²) in [6, 6.07) is 8.57. The van der Waals surface area contributed by atoms with Gasteiger partial charge in [-0.2, -0.15) is 0 Å². The molecular weight excluding hydrogens is 254 g/mol. The first kappa shape index (κ1) is 12.5. The number of para-hydroxylation sites is 1. The van der Waals surface area contributed by atoms with Crippen LogP contribution in [-0.2, 0) is 5.75 Å². The lowest BCUT2D eigenvalue weighted by Crippen LogP contribution is -2.09. The smallest absolute Gasteiger partial charge is 0.307 e. The number of hydrogen-bond acceptors (Lipinski definition) is 6. The van der Waals surface area contributed by atoms with Crippen LogP contribution in [0.25, 0.3) is 0 Å². The summed E-state index contributed by atoms with van der Waals surface area (Å²) in [7, 11) is 0. The molecule has 0 atom stereocenters. The number of anilines is 1. The van der Waals surface area contributed by atoms with Crippen LogP contribution in [0.4, 0.5) is 11.4 Å². The van der Waals surface area contributed by atoms with Gasteiger partial charge in [-0.25, -0.2) is 0 Å². The van der Waals surface area contributed by atoms with Crippen molar-refractivity contribution in [1.29, 1.82) is 0 Å². The number of nitro benzene ring substituents is 1. The van der Waals surface area contributed by atoms with Gasteiger partial charge in [-0.1, -0.05) is 6.07 Å². The van der Waals surface area contributed by atoms with Crippen LogP contribution < -0.4 is 11.3 Å². The number of nitrogens with two attached hydrogens (primary N) is 1. The largest absolute Gasteiger partial charge is 0.468 e. The second-order valence-electron chi connectivity index (χ2n) is 3.42. The maximum absolute atomic E-state index is 11.0. The molecule has 6 nitrogen and oxygen atoms in total. The minimum atomic E-state index is -0.445. The molecule has 1 aromatic carbocycles. The Kier molecular flexibility index (Phi) is 3.85. The Balaban J connectivity index is 2.24. The van der Waals surface area contributed by atoms with Crippen molar-refractivity contribution in [3.05, 3.63) is 52.5 Å². The SMILES string of the molecule is NNc1cccc(SCc2ccco2)c1[N+](=O)[O-]. The van der Waals surface area contributed by atoms with E-state index in [9.17, 15) is 10.1 Å². The van der Waals surface area contributed by atoms with Crippen LogP contribution in [0.15, 0.2) is 45.9 Å². The predicted octanol–water partition coefficient (Wildman–Crippen LogP) is 2.77. The third kappa shape index (κ3) is 2.63. The Labute approximate surface area is 107 Å². The second kappa shape index (κ2) is 5.56. The molecule has 0 bridgehead atoms. The topological polar surface area (TPSA) is 94.3 Å². The van der Waals surface area contributed by atoms with Crippen molar-refractivity contribution in [3.8, 4) is 0 Å². The number of benzene rings is 1. The van der Waals surface area contributed by atoms with Gasteiger partial charge in [-0.3, -0.25) is 16.0 Å². The molecule has 1 heterocycles. The summed E-state index contributed by atoms with van der Waals surface area (Å²) in [6.45, 7) is 0. The van der Waals surface area contributed by atoms with Gasteiger partial charge in [0.1, 0.15) is 11.4 Å². The molecule has 0 saturated heterocycles. The van der Waals surface area contributed by atoms with Gasteiger partial charge in [-0.05, 0) is 24.3 Å². The number of nitrogens with zero attached hydrogens (tertiary/aromatic N) is 1. The predicted molar refractivity (Wildman–Crippen MR) is 69.2 cm³/mol. The number of furan rings is 1. The summed E-state index contributed by atoms with van der Waals surface area (Å²) < 4.78 is 5.18. The first-order chi connectivity index (χ1) is 8.72. The third-order valence-electron chi connectivity index (χ3n) is 2.29. The van der Waals surface area contributed by atoms with Gasteiger partial charge in [0.15, 0.2) is 0 Å². The molecule has 7 heteroatoms. The summed E-state index contributed by atoms with van der Waals surface area (Å²) in [5, 5.41) is 11.0. The molecule has 2 rings (SSSR count). The van der Waals surface area contributed by atoms with Crippen molar-refractivity contribution in [2.24, 2.45) is 5.84 Å². The van der Waals surface area contributed by atoms with E-state index in [-0.39, 0.29) is 5.69 Å². The van der Waals surface area contributed by atoms with Crippen LogP contribution in [0, 0.1) is 10.1 Å². The van der Waals surface area contributed by atoms with E-state index in [0.717, 1.165) is 5.76 Å². The number of hydrogen-bond donors (Lipinski definition) is 2. The van der Waals surface area contributed by atoms with Gasteiger partial charge in [0.05, 0.1) is 21.8 Å². The van der Waals surface area contributed by atoms with E-state index in [0.29, 0.717) is 16.3 Å². The normalized spacial score (nSPS) is 10.3. The Hall–Kier alpha value is -1.99. The number of rotatable bonds is 5. The summed E-state index contributed by atoms with van der Waals surface area (Å²) in [6.07, 6.45) is 1.57. The van der Waals surface area contributed by atoms with Crippen LogP contribution in [0.1, 0.15) is 5.76 Å². The molecule has 0 amide bonds. The zero-order valence-electron chi connectivity index (χ0n) is 9.33. The van der Waals surface area contributed by atoms with Crippen LogP contribution in [0.3, 0.4) is 0 Å². The average Bonchev–Trinajstić information content (AvgIpc) is 2.88. The zero-order valence-corrected chi connectivity index (χ0v) is 10.1. The van der Waals surface area contributed by atoms with Gasteiger partial charge in [0.2, 0.25) is 0 Å². The Morgan fingerprint density at radius 2 is 2.22 bits per heavy atom. The number of nitro groups is 1. The molecule has 0 saturated carbocycles. The minimum Gasteiger partial charge on any atom is -0.468 e. The Morgan fingerprint density at radius 1 is 1.39 bits per heavy atom. The van der Waals surface area contributed by atoms with E-state index in [1.165, 1.54) is 11.8 Å². The van der Waals surface area contributed by atoms with Crippen molar-refractivity contribution in [2.45, 2.75) is 10.6 Å². The van der Waals surface area contributed by atoms with E-state index >= 15 is 0 Å². The molecule has 18 heavy (non-hydrogen) atoms. The fourth-order valence-electron chi connectivity index (χ4n) is 1.49. The fourth-order valence-corrected chi connectivity index (χ4v) is 2.45. The summed E-state index contributed by atoms with van der Waals surface area (Å²) in [4.78, 5) is 11.1. The monoisotopic (exact) mass is 265 g/mol. The molecule has 0 radical (unpaired) electrons. The van der Waals surface area contributed by atoms with Crippen molar-refractivity contribution < 1.29 is 9.34 Å². The van der Waals surface area contributed by atoms with E-state index in [1.807, 2.05) is 6.07 Å². The van der Waals surface area contributed by atoms with Gasteiger partial charge < -0.3 is 9.84 Å². The van der Waals surface area contributed by atoms with E-state index in [4.69, 9.17) is 10.3 Å². The lowest BCUT2D eigenvalue weighted by atomic mass is 10.3. The van der Waals surface area contributed by atoms with Crippen LogP contribution in [0.2, 0.25) is 0 Å². The molecule has 1 aromatic heterocycles. The zero-order chi connectivity index (χ0) is 13.0. The van der Waals surface area contributed by atoms with Gasteiger partial charge in [-0.15, -0.1) is 11.8 Å². The first-order valence-electron chi connectivity index (χ1n) is 5.11. The van der Waals surface area contributed by atoms with Crippen molar-refractivity contribution in [2.75, 3.05) is 5.43 Å². The summed E-state index contributed by atoms with van der Waals surface area (Å²) >= 11 is 1.33. The van der Waals surface area contributed by atoms with Gasteiger partial charge in [0.25, 0.3) is 0 Å². The molecule has 0 fully saturated rings. The molecule has 0 unspecified atom stereocenters. The third-order valence-corrected chi connectivity index (χ3v) is 3.36. The highest BCUT2D eigenvalue weighted by molar-refractivity contribution is 7.98. The molecule has 0 spiro atoms. The molecule has 94 valence electrons. The standard InChI is InChI=1S/C11H11N3O3S/c12-13-9-4-1-5-10(11(9)14(15)16)18-7-8-3-2-6-17-8/h1-6,13H,7,12H2. The quantitative estimate of drug-likeness (QED) is 0.373. The van der Waals surface area contributed by atoms with Crippen LogP contribution in [0.5, 0.6) is 0 Å². The lowest BCUT2D eigenvalue weighted by molar-refractivity contribution is -0.386. The average molecular weight is 265 g/mol. The number of nitrogens with one attached hydrogen (secondary N) is 1. The molecule has 0 aliphatic heterocycles. The maximum Gasteiger partial charge on any atom is 0.307 e. The number of nitrogen functional groups attached to an aromatic ring is 1.